The van der Waals surface area contributed by atoms with Gasteiger partial charge in [-0.1, -0.05) is 99.6 Å². The fourth-order valence-electron chi connectivity index (χ4n) is 1.25. The van der Waals surface area contributed by atoms with Gasteiger partial charge in [0.15, 0.2) is 0 Å². The van der Waals surface area contributed by atoms with Crippen molar-refractivity contribution in [2.24, 2.45) is 0 Å². The van der Waals surface area contributed by atoms with Gasteiger partial charge in [0.2, 0.25) is 0 Å². The number of aryl methyl sites for hydroxylation is 2. The van der Waals surface area contributed by atoms with E-state index in [1.54, 1.807) is 0 Å². The maximum absolute atomic E-state index is 2.27. The summed E-state index contributed by atoms with van der Waals surface area (Å²) < 4.78 is 0. The molecule has 0 atom stereocenters. The number of hydrogen-bond donors (Lipinski definition) is 0. The Kier molecular flexibility index (Phi) is 49.4. The molecule has 118 valence electrons. The zero-order valence-corrected chi connectivity index (χ0v) is 13.4. The summed E-state index contributed by atoms with van der Waals surface area (Å²) in [6.45, 7) is 16.4. The molecule has 1 rings (SSSR count). The molecule has 19 heavy (non-hydrogen) atoms. The quantitative estimate of drug-likeness (QED) is 0.528. The number of benzene rings is 1. The molecule has 0 saturated carbocycles. The van der Waals surface area contributed by atoms with E-state index in [4.69, 9.17) is 0 Å². The summed E-state index contributed by atoms with van der Waals surface area (Å²) in [6.07, 6.45) is 3.83. The predicted molar refractivity (Wildman–Crippen MR) is 97.3 cm³/mol. The predicted octanol–water partition coefficient (Wildman–Crippen LogP) is 7.69. The first-order valence-electron chi connectivity index (χ1n) is 7.38. The van der Waals surface area contributed by atoms with Gasteiger partial charge in [0.25, 0.3) is 0 Å². The normalized spacial score (nSPS) is 6.74. The molecule has 0 heteroatoms. The molecule has 0 heterocycles. The van der Waals surface area contributed by atoms with Crippen molar-refractivity contribution < 1.29 is 0 Å². The third-order valence-electron chi connectivity index (χ3n) is 1.90. The number of unbranched alkanes of at least 4 members (excludes halogenated alkanes) is 1. The van der Waals surface area contributed by atoms with Crippen molar-refractivity contribution in [2.45, 2.75) is 89.5 Å². The average molecular weight is 271 g/mol. The maximum Gasteiger partial charge on any atom is -0.0279 e. The molecular weight excluding hydrogens is 228 g/mol. The monoisotopic (exact) mass is 270 g/mol. The minimum absolute atomic E-state index is 0. The first-order chi connectivity index (χ1) is 8.33. The first-order valence-corrected chi connectivity index (χ1v) is 7.38. The molecule has 0 nitrogen and oxygen atoms in total. The summed E-state index contributed by atoms with van der Waals surface area (Å²) in [7, 11) is 0. The molecule has 0 aliphatic rings. The van der Waals surface area contributed by atoms with Crippen LogP contribution in [0.15, 0.2) is 24.3 Å². The SMILES string of the molecule is C.C.CC.CC.CC.CCCCc1cccc(C)c1. The fraction of sp³-hybridized carbons (Fsp3) is 0.684. The smallest absolute Gasteiger partial charge is 0.0279 e. The molecule has 0 N–H and O–H groups in total. The summed E-state index contributed by atoms with van der Waals surface area (Å²) in [5, 5.41) is 0. The van der Waals surface area contributed by atoms with E-state index < -0.39 is 0 Å². The maximum atomic E-state index is 2.27. The zero-order chi connectivity index (χ0) is 14.1. The van der Waals surface area contributed by atoms with Crippen LogP contribution in [0.4, 0.5) is 0 Å². The van der Waals surface area contributed by atoms with E-state index in [1.807, 2.05) is 41.5 Å². The van der Waals surface area contributed by atoms with Gasteiger partial charge in [0.1, 0.15) is 0 Å². The minimum atomic E-state index is 0. The highest BCUT2D eigenvalue weighted by Crippen LogP contribution is 2.07. The molecule has 0 fully saturated rings. The largest absolute Gasteiger partial charge is 0.0776 e. The van der Waals surface area contributed by atoms with Crippen LogP contribution in [0.25, 0.3) is 0 Å². The van der Waals surface area contributed by atoms with Crippen LogP contribution >= 0.6 is 0 Å². The van der Waals surface area contributed by atoms with Gasteiger partial charge < -0.3 is 0 Å². The van der Waals surface area contributed by atoms with E-state index in [0.29, 0.717) is 0 Å². The first kappa shape index (κ1) is 30.9. The van der Waals surface area contributed by atoms with E-state index >= 15 is 0 Å². The van der Waals surface area contributed by atoms with Crippen molar-refractivity contribution in [1.82, 2.24) is 0 Å². The zero-order valence-electron chi connectivity index (χ0n) is 13.4. The summed E-state index contributed by atoms with van der Waals surface area (Å²) in [5.74, 6) is 0. The fourth-order valence-corrected chi connectivity index (χ4v) is 1.25. The summed E-state index contributed by atoms with van der Waals surface area (Å²) in [4.78, 5) is 0. The second kappa shape index (κ2) is 30.3. The van der Waals surface area contributed by atoms with Gasteiger partial charge >= 0.3 is 0 Å². The van der Waals surface area contributed by atoms with Gasteiger partial charge in [-0.3, -0.25) is 0 Å². The van der Waals surface area contributed by atoms with Crippen LogP contribution in [0.5, 0.6) is 0 Å². The standard InChI is InChI=1S/C11H16.3C2H6.2CH4/c1-3-4-7-11-8-5-6-10(2)9-11;3*1-2;;/h5-6,8-9H,3-4,7H2,1-2H3;3*1-2H3;2*1H4. The minimum Gasteiger partial charge on any atom is -0.0776 e. The summed E-state index contributed by atoms with van der Waals surface area (Å²) in [6, 6.07) is 8.77. The second-order valence-corrected chi connectivity index (χ2v) is 3.09. The van der Waals surface area contributed by atoms with Crippen molar-refractivity contribution in [2.75, 3.05) is 0 Å². The Balaban J connectivity index is -0.0000000724. The molecular formula is C19H42. The lowest BCUT2D eigenvalue weighted by Crippen LogP contribution is -1.84. The van der Waals surface area contributed by atoms with Crippen LogP contribution in [0, 0.1) is 6.92 Å². The van der Waals surface area contributed by atoms with Crippen LogP contribution in [-0.2, 0) is 6.42 Å². The molecule has 0 bridgehead atoms. The average Bonchev–Trinajstić information content (AvgIpc) is 2.43. The Morgan fingerprint density at radius 3 is 1.68 bits per heavy atom. The highest BCUT2D eigenvalue weighted by molar-refractivity contribution is 5.22. The molecule has 1 aromatic carbocycles. The third-order valence-corrected chi connectivity index (χ3v) is 1.90. The molecule has 0 amide bonds. The molecule has 0 aromatic heterocycles. The third kappa shape index (κ3) is 22.8. The Hall–Kier alpha value is -0.780. The van der Waals surface area contributed by atoms with Gasteiger partial charge in [-0.25, -0.2) is 0 Å². The van der Waals surface area contributed by atoms with Gasteiger partial charge in [0, 0.05) is 0 Å². The van der Waals surface area contributed by atoms with E-state index in [0.717, 1.165) is 0 Å². The van der Waals surface area contributed by atoms with Gasteiger partial charge in [-0.05, 0) is 25.3 Å². The van der Waals surface area contributed by atoms with E-state index in [9.17, 15) is 0 Å². The molecule has 0 radical (unpaired) electrons. The van der Waals surface area contributed by atoms with Crippen molar-refractivity contribution in [3.05, 3.63) is 35.4 Å². The Bertz CT molecular complexity index is 213. The Labute approximate surface area is 125 Å². The molecule has 1 aromatic rings. The molecule has 0 aliphatic carbocycles. The highest BCUT2D eigenvalue weighted by atomic mass is 14.0. The van der Waals surface area contributed by atoms with Crippen LogP contribution in [0.2, 0.25) is 0 Å². The van der Waals surface area contributed by atoms with Gasteiger partial charge in [0.05, 0.1) is 0 Å². The van der Waals surface area contributed by atoms with Crippen molar-refractivity contribution in [3.8, 4) is 0 Å². The summed E-state index contributed by atoms with van der Waals surface area (Å²) >= 11 is 0. The van der Waals surface area contributed by atoms with Crippen LogP contribution < -0.4 is 0 Å². The number of rotatable bonds is 3. The van der Waals surface area contributed by atoms with Crippen LogP contribution in [0.1, 0.15) is 87.3 Å². The van der Waals surface area contributed by atoms with E-state index in [2.05, 4.69) is 38.1 Å². The van der Waals surface area contributed by atoms with Crippen LogP contribution in [-0.4, -0.2) is 0 Å². The van der Waals surface area contributed by atoms with Crippen molar-refractivity contribution >= 4 is 0 Å². The van der Waals surface area contributed by atoms with Crippen molar-refractivity contribution in [3.63, 3.8) is 0 Å². The van der Waals surface area contributed by atoms with E-state index in [-0.39, 0.29) is 14.9 Å². The summed E-state index contributed by atoms with van der Waals surface area (Å²) in [5.41, 5.74) is 2.85. The lowest BCUT2D eigenvalue weighted by molar-refractivity contribution is 0.794. The second-order valence-electron chi connectivity index (χ2n) is 3.09. The molecule has 0 aliphatic heterocycles. The van der Waals surface area contributed by atoms with Gasteiger partial charge in [-0.15, -0.1) is 0 Å². The Morgan fingerprint density at radius 2 is 1.32 bits per heavy atom. The lowest BCUT2D eigenvalue weighted by Gasteiger charge is -1.99. The molecule has 0 unspecified atom stereocenters. The molecule has 0 saturated heterocycles. The number of hydrogen-bond acceptors (Lipinski definition) is 0. The lowest BCUT2D eigenvalue weighted by atomic mass is 10.1. The Morgan fingerprint density at radius 1 is 0.842 bits per heavy atom. The topological polar surface area (TPSA) is 0 Å². The molecule has 0 spiro atoms. The van der Waals surface area contributed by atoms with Crippen LogP contribution in [0.3, 0.4) is 0 Å². The van der Waals surface area contributed by atoms with E-state index in [1.165, 1.54) is 30.4 Å². The van der Waals surface area contributed by atoms with Gasteiger partial charge in [-0.2, -0.15) is 0 Å². The van der Waals surface area contributed by atoms with Crippen molar-refractivity contribution in [1.29, 1.82) is 0 Å². The highest BCUT2D eigenvalue weighted by Gasteiger charge is 1.90.